The number of rotatable bonds is 7. The second-order valence-electron chi connectivity index (χ2n) is 7.82. The molecule has 0 bridgehead atoms. The van der Waals surface area contributed by atoms with Crippen molar-refractivity contribution in [1.29, 1.82) is 0 Å². The largest absolute Gasteiger partial charge is 0.465 e. The molecule has 0 saturated carbocycles. The van der Waals surface area contributed by atoms with Crippen LogP contribution in [0.4, 0.5) is 5.69 Å². The second-order valence-corrected chi connectivity index (χ2v) is 10.1. The van der Waals surface area contributed by atoms with Crippen LogP contribution in [0, 0.1) is 0 Å². The fourth-order valence-electron chi connectivity index (χ4n) is 3.84. The Kier molecular flexibility index (Phi) is 7.02. The van der Waals surface area contributed by atoms with E-state index in [-0.39, 0.29) is 29.1 Å². The van der Waals surface area contributed by atoms with Gasteiger partial charge in [0.2, 0.25) is 15.9 Å². The lowest BCUT2D eigenvalue weighted by atomic mass is 10.2. The quantitative estimate of drug-likeness (QED) is 0.354. The smallest absolute Gasteiger partial charge is 0.337 e. The maximum absolute atomic E-state index is 13.6. The zero-order valence-corrected chi connectivity index (χ0v) is 20.2. The summed E-state index contributed by atoms with van der Waals surface area (Å²) in [6.07, 6.45) is -0.322. The number of hydrogen-bond acceptors (Lipinski definition) is 6. The van der Waals surface area contributed by atoms with Gasteiger partial charge < -0.3 is 4.74 Å². The van der Waals surface area contributed by atoms with Crippen molar-refractivity contribution < 1.29 is 27.5 Å². The second kappa shape index (κ2) is 9.99. The van der Waals surface area contributed by atoms with Crippen LogP contribution in [0.5, 0.6) is 0 Å². The fraction of sp³-hybridized carbons (Fsp3) is 0.160. The van der Waals surface area contributed by atoms with Crippen LogP contribution in [0.25, 0.3) is 0 Å². The average Bonchev–Trinajstić information content (AvgIpc) is 3.16. The number of nitrogens with zero attached hydrogens (tertiary/aromatic N) is 2. The van der Waals surface area contributed by atoms with Crippen molar-refractivity contribution in [2.24, 2.45) is 0 Å². The van der Waals surface area contributed by atoms with Crippen molar-refractivity contribution in [2.45, 2.75) is 23.9 Å². The number of imide groups is 1. The van der Waals surface area contributed by atoms with Gasteiger partial charge in [-0.3, -0.25) is 9.59 Å². The van der Waals surface area contributed by atoms with Crippen molar-refractivity contribution in [1.82, 2.24) is 4.31 Å². The Bertz CT molecular complexity index is 1360. The minimum Gasteiger partial charge on any atom is -0.465 e. The van der Waals surface area contributed by atoms with E-state index < -0.39 is 33.8 Å². The standard InChI is InChI=1S/C25H21ClN2O6S/c1-34-25(31)18-7-11-20(12-8-18)28-23(29)15-22(24(28)30)27(16-17-5-3-2-4-6-17)35(32,33)21-13-9-19(26)10-14-21/h2-14,22H,15-16H2,1H3. The third-order valence-corrected chi connectivity index (χ3v) is 7.74. The van der Waals surface area contributed by atoms with E-state index in [9.17, 15) is 22.8 Å². The third kappa shape index (κ3) is 4.97. The van der Waals surface area contributed by atoms with Gasteiger partial charge in [-0.25, -0.2) is 18.1 Å². The number of carbonyl (C=O) groups excluding carboxylic acids is 3. The molecule has 10 heteroatoms. The van der Waals surface area contributed by atoms with E-state index in [1.165, 1.54) is 55.6 Å². The van der Waals surface area contributed by atoms with Gasteiger partial charge in [-0.15, -0.1) is 0 Å². The normalized spacial score (nSPS) is 16.1. The average molecular weight is 513 g/mol. The van der Waals surface area contributed by atoms with Crippen LogP contribution in [0.3, 0.4) is 0 Å². The molecule has 1 atom stereocenters. The van der Waals surface area contributed by atoms with Crippen LogP contribution in [0.2, 0.25) is 5.02 Å². The topological polar surface area (TPSA) is 101 Å². The number of carbonyl (C=O) groups is 3. The summed E-state index contributed by atoms with van der Waals surface area (Å²) in [6.45, 7) is -0.107. The molecule has 8 nitrogen and oxygen atoms in total. The first kappa shape index (κ1) is 24.6. The number of sulfonamides is 1. The van der Waals surface area contributed by atoms with Crippen molar-refractivity contribution in [2.75, 3.05) is 12.0 Å². The van der Waals surface area contributed by atoms with Gasteiger partial charge in [-0.1, -0.05) is 41.9 Å². The van der Waals surface area contributed by atoms with E-state index in [0.29, 0.717) is 10.6 Å². The number of anilines is 1. The van der Waals surface area contributed by atoms with Gasteiger partial charge in [-0.05, 0) is 54.1 Å². The highest BCUT2D eigenvalue weighted by atomic mass is 35.5. The molecular weight excluding hydrogens is 492 g/mol. The van der Waals surface area contributed by atoms with Crippen LogP contribution in [0.1, 0.15) is 22.3 Å². The predicted molar refractivity (Wildman–Crippen MR) is 129 cm³/mol. The summed E-state index contributed by atoms with van der Waals surface area (Å²) in [6, 6.07) is 18.9. The molecule has 0 aliphatic carbocycles. The Hall–Kier alpha value is -3.53. The number of amides is 2. The van der Waals surface area contributed by atoms with Gasteiger partial charge >= 0.3 is 5.97 Å². The number of esters is 1. The molecule has 35 heavy (non-hydrogen) atoms. The van der Waals surface area contributed by atoms with E-state index in [1.54, 1.807) is 30.3 Å². The molecule has 0 spiro atoms. The molecular formula is C25H21ClN2O6S. The summed E-state index contributed by atoms with van der Waals surface area (Å²) in [7, 11) is -2.92. The van der Waals surface area contributed by atoms with Crippen LogP contribution in [-0.2, 0) is 30.9 Å². The lowest BCUT2D eigenvalue weighted by Gasteiger charge is -2.27. The van der Waals surface area contributed by atoms with E-state index in [1.807, 2.05) is 0 Å². The number of benzene rings is 3. The molecule has 180 valence electrons. The van der Waals surface area contributed by atoms with Crippen molar-refractivity contribution >= 4 is 45.1 Å². The lowest BCUT2D eigenvalue weighted by molar-refractivity contribution is -0.122. The molecule has 2 amide bonds. The van der Waals surface area contributed by atoms with Crippen LogP contribution < -0.4 is 4.90 Å². The highest BCUT2D eigenvalue weighted by Crippen LogP contribution is 2.31. The zero-order chi connectivity index (χ0) is 25.2. The molecule has 0 N–H and O–H groups in total. The summed E-state index contributed by atoms with van der Waals surface area (Å²) in [5.41, 5.74) is 1.15. The molecule has 3 aromatic carbocycles. The summed E-state index contributed by atoms with van der Waals surface area (Å²) >= 11 is 5.92. The fourth-order valence-corrected chi connectivity index (χ4v) is 5.54. The number of methoxy groups -OCH3 is 1. The number of halogens is 1. The summed E-state index contributed by atoms with van der Waals surface area (Å²) < 4.78 is 33.0. The van der Waals surface area contributed by atoms with E-state index in [4.69, 9.17) is 11.6 Å². The maximum atomic E-state index is 13.6. The minimum absolute atomic E-state index is 0.0426. The Balaban J connectivity index is 1.70. The third-order valence-electron chi connectivity index (χ3n) is 5.62. The van der Waals surface area contributed by atoms with E-state index >= 15 is 0 Å². The molecule has 1 unspecified atom stereocenters. The minimum atomic E-state index is -4.17. The van der Waals surface area contributed by atoms with E-state index in [0.717, 1.165) is 9.21 Å². The molecule has 1 heterocycles. The predicted octanol–water partition coefficient (Wildman–Crippen LogP) is 3.65. The molecule has 1 aliphatic heterocycles. The summed E-state index contributed by atoms with van der Waals surface area (Å²) in [5.74, 6) is -1.78. The number of ether oxygens (including phenoxy) is 1. The molecule has 1 fully saturated rings. The Labute approximate surface area is 207 Å². The number of hydrogen-bond donors (Lipinski definition) is 0. The monoisotopic (exact) mass is 512 g/mol. The first-order valence-electron chi connectivity index (χ1n) is 10.6. The lowest BCUT2D eigenvalue weighted by Crippen LogP contribution is -2.45. The van der Waals surface area contributed by atoms with Crippen molar-refractivity contribution in [3.05, 3.63) is 95.0 Å². The van der Waals surface area contributed by atoms with Gasteiger partial charge in [0.1, 0.15) is 6.04 Å². The van der Waals surface area contributed by atoms with Crippen LogP contribution >= 0.6 is 11.6 Å². The summed E-state index contributed by atoms with van der Waals surface area (Å²) in [5, 5.41) is 0.368. The Morgan fingerprint density at radius 1 is 1.00 bits per heavy atom. The molecule has 3 aromatic rings. The van der Waals surface area contributed by atoms with Crippen LogP contribution in [-0.4, -0.2) is 43.7 Å². The van der Waals surface area contributed by atoms with Crippen LogP contribution in [0.15, 0.2) is 83.8 Å². The first-order chi connectivity index (χ1) is 16.7. The Morgan fingerprint density at radius 3 is 2.23 bits per heavy atom. The van der Waals surface area contributed by atoms with E-state index in [2.05, 4.69) is 4.74 Å². The molecule has 0 aromatic heterocycles. The van der Waals surface area contributed by atoms with Gasteiger partial charge in [-0.2, -0.15) is 4.31 Å². The van der Waals surface area contributed by atoms with Gasteiger partial charge in [0.15, 0.2) is 0 Å². The van der Waals surface area contributed by atoms with Gasteiger partial charge in [0.25, 0.3) is 5.91 Å². The molecule has 1 saturated heterocycles. The van der Waals surface area contributed by atoms with Gasteiger partial charge in [0.05, 0.1) is 29.7 Å². The SMILES string of the molecule is COC(=O)c1ccc(N2C(=O)CC(N(Cc3ccccc3)S(=O)(=O)c3ccc(Cl)cc3)C2=O)cc1. The van der Waals surface area contributed by atoms with Gasteiger partial charge in [0, 0.05) is 11.6 Å². The Morgan fingerprint density at radius 2 is 1.63 bits per heavy atom. The van der Waals surface area contributed by atoms with Crippen molar-refractivity contribution in [3.63, 3.8) is 0 Å². The first-order valence-corrected chi connectivity index (χ1v) is 12.4. The highest BCUT2D eigenvalue weighted by molar-refractivity contribution is 7.89. The zero-order valence-electron chi connectivity index (χ0n) is 18.6. The maximum Gasteiger partial charge on any atom is 0.337 e. The van der Waals surface area contributed by atoms with Crippen molar-refractivity contribution in [3.8, 4) is 0 Å². The molecule has 0 radical (unpaired) electrons. The summed E-state index contributed by atoms with van der Waals surface area (Å²) in [4.78, 5) is 39.0. The molecule has 1 aliphatic rings. The molecule has 4 rings (SSSR count). The highest BCUT2D eigenvalue weighted by Gasteiger charge is 2.47.